The van der Waals surface area contributed by atoms with Crippen LogP contribution in [-0.2, 0) is 23.8 Å². The number of alkyl halides is 6. The van der Waals surface area contributed by atoms with Crippen molar-refractivity contribution < 1.29 is 40.3 Å². The number of ketones is 1. The normalized spacial score (nSPS) is 12.1. The maximum atomic E-state index is 13.3. The van der Waals surface area contributed by atoms with E-state index in [0.717, 1.165) is 36.5 Å². The van der Waals surface area contributed by atoms with Crippen molar-refractivity contribution in [3.63, 3.8) is 0 Å². The van der Waals surface area contributed by atoms with Crippen LogP contribution in [0.5, 0.6) is 5.75 Å². The first-order valence-electron chi connectivity index (χ1n) is 7.02. The largest absolute Gasteiger partial charge is 0.573 e. The van der Waals surface area contributed by atoms with E-state index in [1.54, 1.807) is 0 Å². The predicted molar refractivity (Wildman–Crippen MR) is 74.7 cm³/mol. The molecule has 0 bridgehead atoms. The Balaban J connectivity index is 2.05. The SMILES string of the molecule is O=C(Cc1ccc(C(F)(F)F)nc1)Cc1ccc(F)c(OC(F)(F)F)c1. The Hall–Kier alpha value is -2.65. The Bertz CT molecular complexity index is 783. The number of aromatic nitrogens is 1. The Morgan fingerprint density at radius 1 is 0.962 bits per heavy atom. The number of benzene rings is 1. The van der Waals surface area contributed by atoms with E-state index in [1.165, 1.54) is 0 Å². The van der Waals surface area contributed by atoms with Crippen molar-refractivity contribution >= 4 is 5.78 Å². The summed E-state index contributed by atoms with van der Waals surface area (Å²) in [5.41, 5.74) is -0.839. The fraction of sp³-hybridized carbons (Fsp3) is 0.250. The van der Waals surface area contributed by atoms with Gasteiger partial charge >= 0.3 is 12.5 Å². The molecule has 1 heterocycles. The second-order valence-corrected chi connectivity index (χ2v) is 5.25. The molecule has 3 nitrogen and oxygen atoms in total. The van der Waals surface area contributed by atoms with E-state index in [4.69, 9.17) is 0 Å². The number of hydrogen-bond donors (Lipinski definition) is 0. The Labute approximate surface area is 142 Å². The highest BCUT2D eigenvalue weighted by Gasteiger charge is 2.33. The van der Waals surface area contributed by atoms with E-state index in [1.807, 2.05) is 0 Å². The lowest BCUT2D eigenvalue weighted by atomic mass is 10.0. The number of carbonyl (C=O) groups excluding carboxylic acids is 1. The molecule has 0 saturated heterocycles. The van der Waals surface area contributed by atoms with Gasteiger partial charge < -0.3 is 4.74 Å². The van der Waals surface area contributed by atoms with Gasteiger partial charge in [0.15, 0.2) is 11.6 Å². The number of Topliss-reactive ketones (excluding diaryl/α,β-unsaturated/α-hetero) is 1. The van der Waals surface area contributed by atoms with Crippen LogP contribution >= 0.6 is 0 Å². The zero-order valence-electron chi connectivity index (χ0n) is 12.8. The average molecular weight is 381 g/mol. The first-order valence-corrected chi connectivity index (χ1v) is 7.02. The molecule has 0 atom stereocenters. The Morgan fingerprint density at radius 3 is 2.12 bits per heavy atom. The lowest BCUT2D eigenvalue weighted by Crippen LogP contribution is -2.18. The van der Waals surface area contributed by atoms with Gasteiger partial charge in [0.2, 0.25) is 0 Å². The van der Waals surface area contributed by atoms with Crippen molar-refractivity contribution in [2.24, 2.45) is 0 Å². The molecule has 0 amide bonds. The zero-order chi connectivity index (χ0) is 19.5. The molecule has 0 N–H and O–H groups in total. The van der Waals surface area contributed by atoms with E-state index in [-0.39, 0.29) is 24.0 Å². The topological polar surface area (TPSA) is 39.2 Å². The average Bonchev–Trinajstić information content (AvgIpc) is 2.49. The van der Waals surface area contributed by atoms with E-state index in [9.17, 15) is 35.5 Å². The molecular formula is C16H10F7NO2. The third-order valence-corrected chi connectivity index (χ3v) is 3.14. The van der Waals surface area contributed by atoms with Crippen molar-refractivity contribution in [3.8, 4) is 5.75 Å². The van der Waals surface area contributed by atoms with Crippen molar-refractivity contribution in [1.82, 2.24) is 4.98 Å². The van der Waals surface area contributed by atoms with Gasteiger partial charge in [-0.15, -0.1) is 13.2 Å². The van der Waals surface area contributed by atoms with Crippen LogP contribution in [0.3, 0.4) is 0 Å². The molecule has 0 aliphatic rings. The van der Waals surface area contributed by atoms with E-state index >= 15 is 0 Å². The summed E-state index contributed by atoms with van der Waals surface area (Å²) in [5.74, 6) is -2.82. The molecule has 0 unspecified atom stereocenters. The van der Waals surface area contributed by atoms with Crippen molar-refractivity contribution in [1.29, 1.82) is 0 Å². The highest BCUT2D eigenvalue weighted by Crippen LogP contribution is 2.28. The maximum absolute atomic E-state index is 13.3. The van der Waals surface area contributed by atoms with Crippen molar-refractivity contribution in [2.75, 3.05) is 0 Å². The highest BCUT2D eigenvalue weighted by atomic mass is 19.4. The van der Waals surface area contributed by atoms with Gasteiger partial charge in [0.25, 0.3) is 0 Å². The molecule has 1 aromatic carbocycles. The summed E-state index contributed by atoms with van der Waals surface area (Å²) in [6, 6.07) is 4.38. The minimum absolute atomic E-state index is 0.0653. The molecule has 0 radical (unpaired) electrons. The summed E-state index contributed by atoms with van der Waals surface area (Å²) in [4.78, 5) is 15.1. The Morgan fingerprint density at radius 2 is 1.58 bits per heavy atom. The number of rotatable bonds is 5. The van der Waals surface area contributed by atoms with Crippen LogP contribution in [0.2, 0.25) is 0 Å². The Kier molecular flexibility index (Phi) is 5.53. The molecule has 0 spiro atoms. The molecule has 0 aliphatic carbocycles. The fourth-order valence-electron chi connectivity index (χ4n) is 2.08. The summed E-state index contributed by atoms with van der Waals surface area (Å²) in [6.07, 6.45) is -9.43. The summed E-state index contributed by atoms with van der Waals surface area (Å²) in [7, 11) is 0. The summed E-state index contributed by atoms with van der Waals surface area (Å²) >= 11 is 0. The zero-order valence-corrected chi connectivity index (χ0v) is 12.8. The van der Waals surface area contributed by atoms with Gasteiger partial charge in [-0.2, -0.15) is 13.2 Å². The molecule has 0 saturated carbocycles. The number of carbonyl (C=O) groups is 1. The molecule has 0 fully saturated rings. The minimum Gasteiger partial charge on any atom is -0.403 e. The number of nitrogens with zero attached hydrogens (tertiary/aromatic N) is 1. The van der Waals surface area contributed by atoms with Gasteiger partial charge in [-0.1, -0.05) is 12.1 Å². The molecule has 2 rings (SSSR count). The van der Waals surface area contributed by atoms with Gasteiger partial charge in [0.05, 0.1) is 0 Å². The van der Waals surface area contributed by atoms with E-state index in [0.29, 0.717) is 0 Å². The quantitative estimate of drug-likeness (QED) is 0.717. The number of ether oxygens (including phenoxy) is 1. The van der Waals surface area contributed by atoms with Crippen LogP contribution in [0.4, 0.5) is 30.7 Å². The van der Waals surface area contributed by atoms with Gasteiger partial charge in [-0.3, -0.25) is 9.78 Å². The molecule has 26 heavy (non-hydrogen) atoms. The van der Waals surface area contributed by atoms with Crippen LogP contribution < -0.4 is 4.74 Å². The van der Waals surface area contributed by atoms with Crippen LogP contribution in [0.15, 0.2) is 36.5 Å². The van der Waals surface area contributed by atoms with E-state index < -0.39 is 35.6 Å². The number of hydrogen-bond acceptors (Lipinski definition) is 3. The predicted octanol–water partition coefficient (Wildman–Crippen LogP) is 4.49. The molecule has 1 aromatic heterocycles. The van der Waals surface area contributed by atoms with Crippen LogP contribution in [0, 0.1) is 5.82 Å². The lowest BCUT2D eigenvalue weighted by molar-refractivity contribution is -0.275. The second kappa shape index (κ2) is 7.30. The van der Waals surface area contributed by atoms with Gasteiger partial charge in [-0.25, -0.2) is 4.39 Å². The maximum Gasteiger partial charge on any atom is 0.573 e. The third-order valence-electron chi connectivity index (χ3n) is 3.14. The molecule has 2 aromatic rings. The van der Waals surface area contributed by atoms with Gasteiger partial charge in [-0.05, 0) is 29.3 Å². The molecule has 10 heteroatoms. The smallest absolute Gasteiger partial charge is 0.403 e. The lowest BCUT2D eigenvalue weighted by Gasteiger charge is -2.11. The molecule has 0 aliphatic heterocycles. The first kappa shape index (κ1) is 19.7. The fourth-order valence-corrected chi connectivity index (χ4v) is 2.08. The number of halogens is 7. The summed E-state index contributed by atoms with van der Waals surface area (Å²) in [5, 5.41) is 0. The summed E-state index contributed by atoms with van der Waals surface area (Å²) < 4.78 is 90.6. The van der Waals surface area contributed by atoms with Gasteiger partial charge in [0.1, 0.15) is 11.5 Å². The second-order valence-electron chi connectivity index (χ2n) is 5.25. The molecule has 140 valence electrons. The van der Waals surface area contributed by atoms with Crippen LogP contribution in [-0.4, -0.2) is 17.1 Å². The monoisotopic (exact) mass is 381 g/mol. The minimum atomic E-state index is -5.09. The van der Waals surface area contributed by atoms with Gasteiger partial charge in [0, 0.05) is 19.0 Å². The highest BCUT2D eigenvalue weighted by molar-refractivity contribution is 5.83. The number of pyridine rings is 1. The van der Waals surface area contributed by atoms with Crippen LogP contribution in [0.1, 0.15) is 16.8 Å². The van der Waals surface area contributed by atoms with Crippen molar-refractivity contribution in [2.45, 2.75) is 25.4 Å². The first-order chi connectivity index (χ1) is 11.9. The van der Waals surface area contributed by atoms with Crippen LogP contribution in [0.25, 0.3) is 0 Å². The van der Waals surface area contributed by atoms with E-state index in [2.05, 4.69) is 9.72 Å². The standard InChI is InChI=1S/C16H10F7NO2/c17-12-3-1-9(7-13(12)26-16(21,22)23)5-11(25)6-10-2-4-14(24-8-10)15(18,19)20/h1-4,7-8H,5-6H2. The third kappa shape index (κ3) is 5.71. The summed E-state index contributed by atoms with van der Waals surface area (Å²) in [6.45, 7) is 0. The molecular weight excluding hydrogens is 371 g/mol. The van der Waals surface area contributed by atoms with Crippen molar-refractivity contribution in [3.05, 3.63) is 59.2 Å².